The third-order valence-corrected chi connectivity index (χ3v) is 2.72. The lowest BCUT2D eigenvalue weighted by Crippen LogP contribution is -2.32. The molecule has 0 aliphatic carbocycles. The molecule has 0 saturated carbocycles. The summed E-state index contributed by atoms with van der Waals surface area (Å²) >= 11 is 0. The molecule has 1 unspecified atom stereocenters. The van der Waals surface area contributed by atoms with Crippen molar-refractivity contribution in [2.24, 2.45) is 0 Å². The quantitative estimate of drug-likeness (QED) is 0.719. The van der Waals surface area contributed by atoms with Crippen molar-refractivity contribution in [3.8, 4) is 0 Å². The fourth-order valence-electron chi connectivity index (χ4n) is 1.71. The highest BCUT2D eigenvalue weighted by Gasteiger charge is 2.14. The van der Waals surface area contributed by atoms with Crippen molar-refractivity contribution in [2.45, 2.75) is 13.0 Å². The number of allylic oxidation sites excluding steroid dienone is 2. The van der Waals surface area contributed by atoms with Gasteiger partial charge >= 0.3 is 0 Å². The molecule has 0 fully saturated rings. The highest BCUT2D eigenvalue weighted by atomic mass is 16.1. The zero-order chi connectivity index (χ0) is 11.4. The molecule has 1 aromatic rings. The van der Waals surface area contributed by atoms with Gasteiger partial charge < -0.3 is 4.90 Å². The molecule has 0 spiro atoms. The summed E-state index contributed by atoms with van der Waals surface area (Å²) in [6.07, 6.45) is 8.01. The summed E-state index contributed by atoms with van der Waals surface area (Å²) < 4.78 is 0. The highest BCUT2D eigenvalue weighted by molar-refractivity contribution is 5.97. The Morgan fingerprint density at radius 1 is 1.25 bits per heavy atom. The Morgan fingerprint density at radius 3 is 2.69 bits per heavy atom. The molecule has 0 aromatic heterocycles. The van der Waals surface area contributed by atoms with Crippen LogP contribution in [0.3, 0.4) is 0 Å². The predicted octanol–water partition coefficient (Wildman–Crippen LogP) is 2.64. The first-order valence-corrected chi connectivity index (χ1v) is 5.46. The molecular weight excluding hydrogens is 198 g/mol. The van der Waals surface area contributed by atoms with Crippen molar-refractivity contribution < 1.29 is 4.79 Å². The van der Waals surface area contributed by atoms with Crippen LogP contribution in [0.5, 0.6) is 0 Å². The van der Waals surface area contributed by atoms with Crippen LogP contribution in [0.25, 0.3) is 0 Å². The van der Waals surface area contributed by atoms with E-state index in [4.69, 9.17) is 0 Å². The molecule has 1 atom stereocenters. The summed E-state index contributed by atoms with van der Waals surface area (Å²) in [7, 11) is 0. The maximum atomic E-state index is 12.0. The van der Waals surface area contributed by atoms with E-state index in [1.807, 2.05) is 53.6 Å². The molecule has 0 saturated heterocycles. The lowest BCUT2D eigenvalue weighted by atomic mass is 10.1. The Kier molecular flexibility index (Phi) is 3.20. The molecule has 0 bridgehead atoms. The average molecular weight is 213 g/mol. The van der Waals surface area contributed by atoms with Crippen molar-refractivity contribution in [2.75, 3.05) is 6.54 Å². The SMILES string of the molecule is CC1C=CC=CN1CC(=O)c1ccccc1. The van der Waals surface area contributed by atoms with E-state index in [0.29, 0.717) is 6.54 Å². The maximum absolute atomic E-state index is 12.0. The van der Waals surface area contributed by atoms with Crippen molar-refractivity contribution in [1.82, 2.24) is 4.90 Å². The minimum atomic E-state index is 0.160. The molecule has 2 heteroatoms. The van der Waals surface area contributed by atoms with Crippen molar-refractivity contribution in [1.29, 1.82) is 0 Å². The smallest absolute Gasteiger partial charge is 0.182 e. The first-order valence-electron chi connectivity index (χ1n) is 5.46. The van der Waals surface area contributed by atoms with Crippen molar-refractivity contribution in [3.63, 3.8) is 0 Å². The van der Waals surface area contributed by atoms with Crippen LogP contribution >= 0.6 is 0 Å². The van der Waals surface area contributed by atoms with E-state index < -0.39 is 0 Å². The van der Waals surface area contributed by atoms with Gasteiger partial charge in [0, 0.05) is 17.8 Å². The molecule has 0 radical (unpaired) electrons. The van der Waals surface area contributed by atoms with Gasteiger partial charge in [0.1, 0.15) is 0 Å². The molecule has 2 nitrogen and oxygen atoms in total. The molecule has 0 amide bonds. The largest absolute Gasteiger partial charge is 0.364 e. The van der Waals surface area contributed by atoms with E-state index in [1.165, 1.54) is 0 Å². The van der Waals surface area contributed by atoms with Gasteiger partial charge in [-0.05, 0) is 13.0 Å². The second kappa shape index (κ2) is 4.79. The summed E-state index contributed by atoms with van der Waals surface area (Å²) in [4.78, 5) is 14.0. The van der Waals surface area contributed by atoms with Gasteiger partial charge in [0.2, 0.25) is 0 Å². The summed E-state index contributed by atoms with van der Waals surface area (Å²) in [5, 5.41) is 0. The Morgan fingerprint density at radius 2 is 2.00 bits per heavy atom. The van der Waals surface area contributed by atoms with Crippen LogP contribution in [0.4, 0.5) is 0 Å². The number of rotatable bonds is 3. The molecule has 2 rings (SSSR count). The van der Waals surface area contributed by atoms with Gasteiger partial charge in [0.05, 0.1) is 6.54 Å². The van der Waals surface area contributed by atoms with Gasteiger partial charge in [0.15, 0.2) is 5.78 Å². The number of hydrogen-bond donors (Lipinski definition) is 0. The van der Waals surface area contributed by atoms with Gasteiger partial charge in [-0.2, -0.15) is 0 Å². The highest BCUT2D eigenvalue weighted by Crippen LogP contribution is 2.09. The monoisotopic (exact) mass is 213 g/mol. The standard InChI is InChI=1S/C14H15NO/c1-12-7-5-6-10-15(12)11-14(16)13-8-3-2-4-9-13/h2-10,12H,11H2,1H3. The predicted molar refractivity (Wildman–Crippen MR) is 65.2 cm³/mol. The zero-order valence-electron chi connectivity index (χ0n) is 9.34. The molecule has 1 aliphatic heterocycles. The number of hydrogen-bond acceptors (Lipinski definition) is 2. The molecule has 1 aromatic carbocycles. The van der Waals surface area contributed by atoms with Crippen LogP contribution in [-0.4, -0.2) is 23.3 Å². The van der Waals surface area contributed by atoms with E-state index in [2.05, 4.69) is 13.0 Å². The summed E-state index contributed by atoms with van der Waals surface area (Å²) in [6, 6.07) is 9.71. The minimum absolute atomic E-state index is 0.160. The van der Waals surface area contributed by atoms with Gasteiger partial charge in [-0.15, -0.1) is 0 Å². The fourth-order valence-corrected chi connectivity index (χ4v) is 1.71. The fraction of sp³-hybridized carbons (Fsp3) is 0.214. The minimum Gasteiger partial charge on any atom is -0.364 e. The molecule has 82 valence electrons. The number of ketones is 1. The van der Waals surface area contributed by atoms with Crippen molar-refractivity contribution in [3.05, 3.63) is 60.3 Å². The molecule has 1 aliphatic rings. The lowest BCUT2D eigenvalue weighted by Gasteiger charge is -2.26. The molecule has 16 heavy (non-hydrogen) atoms. The third kappa shape index (κ3) is 2.40. The number of carbonyl (C=O) groups is 1. The topological polar surface area (TPSA) is 20.3 Å². The third-order valence-electron chi connectivity index (χ3n) is 2.72. The number of benzene rings is 1. The lowest BCUT2D eigenvalue weighted by molar-refractivity contribution is 0.0947. The first-order chi connectivity index (χ1) is 7.77. The van der Waals surface area contributed by atoms with Crippen LogP contribution in [0.2, 0.25) is 0 Å². The van der Waals surface area contributed by atoms with Crippen LogP contribution < -0.4 is 0 Å². The summed E-state index contributed by atoms with van der Waals surface area (Å²) in [5.41, 5.74) is 0.776. The van der Waals surface area contributed by atoms with Crippen molar-refractivity contribution >= 4 is 5.78 Å². The Balaban J connectivity index is 2.03. The number of carbonyl (C=O) groups excluding carboxylic acids is 1. The number of Topliss-reactive ketones (excluding diaryl/α,β-unsaturated/α-hetero) is 1. The second-order valence-corrected chi connectivity index (χ2v) is 3.93. The Labute approximate surface area is 95.9 Å². The van der Waals surface area contributed by atoms with Crippen LogP contribution in [0.1, 0.15) is 17.3 Å². The maximum Gasteiger partial charge on any atom is 0.182 e. The first kappa shape index (κ1) is 10.7. The second-order valence-electron chi connectivity index (χ2n) is 3.93. The average Bonchev–Trinajstić information content (AvgIpc) is 2.33. The van der Waals surface area contributed by atoms with Gasteiger partial charge in [-0.3, -0.25) is 4.79 Å². The van der Waals surface area contributed by atoms with E-state index in [1.54, 1.807) is 0 Å². The molecule has 0 N–H and O–H groups in total. The van der Waals surface area contributed by atoms with Crippen LogP contribution in [-0.2, 0) is 0 Å². The van der Waals surface area contributed by atoms with E-state index in [9.17, 15) is 4.79 Å². The normalized spacial score (nSPS) is 18.8. The van der Waals surface area contributed by atoms with Crippen LogP contribution in [0, 0.1) is 0 Å². The molecule has 1 heterocycles. The van der Waals surface area contributed by atoms with Gasteiger partial charge in [-0.25, -0.2) is 0 Å². The summed E-state index contributed by atoms with van der Waals surface area (Å²) in [5.74, 6) is 0.160. The van der Waals surface area contributed by atoms with Crippen LogP contribution in [0.15, 0.2) is 54.8 Å². The summed E-state index contributed by atoms with van der Waals surface area (Å²) in [6.45, 7) is 2.52. The number of nitrogens with zero attached hydrogens (tertiary/aromatic N) is 1. The van der Waals surface area contributed by atoms with Gasteiger partial charge in [-0.1, -0.05) is 42.5 Å². The van der Waals surface area contributed by atoms with E-state index in [0.717, 1.165) is 5.56 Å². The zero-order valence-corrected chi connectivity index (χ0v) is 9.34. The van der Waals surface area contributed by atoms with E-state index >= 15 is 0 Å². The van der Waals surface area contributed by atoms with E-state index in [-0.39, 0.29) is 11.8 Å². The molecular formula is C14H15NO. The Hall–Kier alpha value is -1.83. The Bertz CT molecular complexity index is 420. The van der Waals surface area contributed by atoms with Gasteiger partial charge in [0.25, 0.3) is 0 Å².